The molecule has 0 aliphatic heterocycles. The zero-order valence-electron chi connectivity index (χ0n) is 12.5. The molecule has 1 aromatic carbocycles. The van der Waals surface area contributed by atoms with Crippen LogP contribution in [0.3, 0.4) is 0 Å². The highest BCUT2D eigenvalue weighted by molar-refractivity contribution is 5.51. The molecule has 0 aliphatic rings. The molecule has 1 rings (SSSR count). The van der Waals surface area contributed by atoms with Gasteiger partial charge in [0.1, 0.15) is 0 Å². The van der Waals surface area contributed by atoms with E-state index in [1.165, 1.54) is 23.2 Å². The number of aryl methyl sites for hydroxylation is 1. The van der Waals surface area contributed by atoms with Crippen LogP contribution in [0.4, 0.5) is 5.69 Å². The van der Waals surface area contributed by atoms with Gasteiger partial charge < -0.3 is 10.6 Å². The SMILES string of the molecule is Cc1cc(N(C)C(C)CC(C)C)ccc1CCN. The number of rotatable bonds is 6. The van der Waals surface area contributed by atoms with Crippen LogP contribution in [-0.2, 0) is 6.42 Å². The summed E-state index contributed by atoms with van der Waals surface area (Å²) >= 11 is 0. The summed E-state index contributed by atoms with van der Waals surface area (Å²) in [6.45, 7) is 9.75. The molecule has 0 heterocycles. The molecule has 0 spiro atoms. The van der Waals surface area contributed by atoms with E-state index in [1.54, 1.807) is 0 Å². The van der Waals surface area contributed by atoms with E-state index in [0.717, 1.165) is 18.9 Å². The summed E-state index contributed by atoms with van der Waals surface area (Å²) in [7, 11) is 2.18. The Morgan fingerprint density at radius 1 is 1.22 bits per heavy atom. The van der Waals surface area contributed by atoms with Crippen LogP contribution in [0, 0.1) is 12.8 Å². The molecule has 0 saturated heterocycles. The van der Waals surface area contributed by atoms with E-state index in [0.29, 0.717) is 6.04 Å². The minimum Gasteiger partial charge on any atom is -0.372 e. The van der Waals surface area contributed by atoms with E-state index in [2.05, 4.69) is 57.8 Å². The Bertz CT molecular complexity index is 371. The lowest BCUT2D eigenvalue weighted by Gasteiger charge is -2.29. The van der Waals surface area contributed by atoms with Gasteiger partial charge in [-0.25, -0.2) is 0 Å². The molecule has 0 aromatic heterocycles. The van der Waals surface area contributed by atoms with E-state index in [-0.39, 0.29) is 0 Å². The van der Waals surface area contributed by atoms with Crippen molar-refractivity contribution in [2.24, 2.45) is 11.7 Å². The lowest BCUT2D eigenvalue weighted by atomic mass is 10.0. The molecule has 0 fully saturated rings. The predicted molar refractivity (Wildman–Crippen MR) is 81.3 cm³/mol. The van der Waals surface area contributed by atoms with E-state index in [9.17, 15) is 0 Å². The maximum absolute atomic E-state index is 5.62. The largest absolute Gasteiger partial charge is 0.372 e. The van der Waals surface area contributed by atoms with E-state index >= 15 is 0 Å². The quantitative estimate of drug-likeness (QED) is 0.836. The summed E-state index contributed by atoms with van der Waals surface area (Å²) in [5.41, 5.74) is 9.64. The molecule has 1 unspecified atom stereocenters. The maximum atomic E-state index is 5.62. The van der Waals surface area contributed by atoms with Gasteiger partial charge in [-0.15, -0.1) is 0 Å². The molecule has 2 N–H and O–H groups in total. The Morgan fingerprint density at radius 2 is 1.89 bits per heavy atom. The molecule has 0 saturated carbocycles. The minimum absolute atomic E-state index is 0.574. The highest BCUT2D eigenvalue weighted by Crippen LogP contribution is 2.22. The second-order valence-electron chi connectivity index (χ2n) is 5.74. The Balaban J connectivity index is 2.80. The third-order valence-corrected chi connectivity index (χ3v) is 3.62. The van der Waals surface area contributed by atoms with Crippen LogP contribution in [0.1, 0.15) is 38.3 Å². The van der Waals surface area contributed by atoms with Gasteiger partial charge in [0.25, 0.3) is 0 Å². The van der Waals surface area contributed by atoms with Crippen molar-refractivity contribution >= 4 is 5.69 Å². The maximum Gasteiger partial charge on any atom is 0.0368 e. The second kappa shape index (κ2) is 6.79. The van der Waals surface area contributed by atoms with Gasteiger partial charge in [0.05, 0.1) is 0 Å². The van der Waals surface area contributed by atoms with Gasteiger partial charge in [-0.1, -0.05) is 19.9 Å². The smallest absolute Gasteiger partial charge is 0.0368 e. The Hall–Kier alpha value is -1.02. The molecule has 18 heavy (non-hydrogen) atoms. The molecule has 0 amide bonds. The average molecular weight is 248 g/mol. The second-order valence-corrected chi connectivity index (χ2v) is 5.74. The van der Waals surface area contributed by atoms with Gasteiger partial charge >= 0.3 is 0 Å². The lowest BCUT2D eigenvalue weighted by Crippen LogP contribution is -2.30. The van der Waals surface area contributed by atoms with Crippen LogP contribution in [0.25, 0.3) is 0 Å². The molecule has 2 heteroatoms. The molecule has 1 aromatic rings. The zero-order chi connectivity index (χ0) is 13.7. The number of hydrogen-bond acceptors (Lipinski definition) is 2. The fourth-order valence-electron chi connectivity index (χ4n) is 2.43. The van der Waals surface area contributed by atoms with Crippen molar-refractivity contribution in [2.45, 2.75) is 46.6 Å². The lowest BCUT2D eigenvalue weighted by molar-refractivity contribution is 0.504. The van der Waals surface area contributed by atoms with Crippen LogP contribution in [-0.4, -0.2) is 19.6 Å². The third kappa shape index (κ3) is 4.02. The van der Waals surface area contributed by atoms with Gasteiger partial charge in [0.15, 0.2) is 0 Å². The van der Waals surface area contributed by atoms with Gasteiger partial charge in [0.2, 0.25) is 0 Å². The minimum atomic E-state index is 0.574. The van der Waals surface area contributed by atoms with Crippen molar-refractivity contribution in [1.29, 1.82) is 0 Å². The highest BCUT2D eigenvalue weighted by atomic mass is 15.1. The number of anilines is 1. The number of nitrogens with two attached hydrogens (primary N) is 1. The van der Waals surface area contributed by atoms with Gasteiger partial charge in [0, 0.05) is 18.8 Å². The van der Waals surface area contributed by atoms with Crippen LogP contribution in [0.15, 0.2) is 18.2 Å². The standard InChI is InChI=1S/C16H28N2/c1-12(2)10-14(4)18(5)16-7-6-15(8-9-17)13(3)11-16/h6-7,11-12,14H,8-10,17H2,1-5H3. The summed E-state index contributed by atoms with van der Waals surface area (Å²) in [4.78, 5) is 2.37. The molecule has 2 nitrogen and oxygen atoms in total. The van der Waals surface area contributed by atoms with Gasteiger partial charge in [-0.05, 0) is 62.4 Å². The van der Waals surface area contributed by atoms with Gasteiger partial charge in [-0.2, -0.15) is 0 Å². The Kier molecular flexibility index (Phi) is 5.67. The van der Waals surface area contributed by atoms with Crippen molar-refractivity contribution in [3.63, 3.8) is 0 Å². The van der Waals surface area contributed by atoms with Crippen molar-refractivity contribution in [3.8, 4) is 0 Å². The van der Waals surface area contributed by atoms with Crippen LogP contribution in [0.2, 0.25) is 0 Å². The van der Waals surface area contributed by atoms with Crippen molar-refractivity contribution in [3.05, 3.63) is 29.3 Å². The highest BCUT2D eigenvalue weighted by Gasteiger charge is 2.12. The molecule has 102 valence electrons. The normalized spacial score (nSPS) is 12.8. The summed E-state index contributed by atoms with van der Waals surface area (Å²) < 4.78 is 0. The number of nitrogens with zero attached hydrogens (tertiary/aromatic N) is 1. The molecular weight excluding hydrogens is 220 g/mol. The Morgan fingerprint density at radius 3 is 2.39 bits per heavy atom. The van der Waals surface area contributed by atoms with Crippen molar-refractivity contribution < 1.29 is 0 Å². The predicted octanol–water partition coefficient (Wildman–Crippen LogP) is 3.37. The summed E-state index contributed by atoms with van der Waals surface area (Å²) in [6.07, 6.45) is 2.19. The van der Waals surface area contributed by atoms with E-state index in [4.69, 9.17) is 5.73 Å². The molecule has 1 atom stereocenters. The monoisotopic (exact) mass is 248 g/mol. The van der Waals surface area contributed by atoms with E-state index < -0.39 is 0 Å². The first-order chi connectivity index (χ1) is 8.45. The van der Waals surface area contributed by atoms with Crippen molar-refractivity contribution in [2.75, 3.05) is 18.5 Å². The first-order valence-corrected chi connectivity index (χ1v) is 6.98. The Labute approximate surface area is 112 Å². The summed E-state index contributed by atoms with van der Waals surface area (Å²) in [6, 6.07) is 7.29. The fraction of sp³-hybridized carbons (Fsp3) is 0.625. The topological polar surface area (TPSA) is 29.3 Å². The first-order valence-electron chi connectivity index (χ1n) is 6.98. The van der Waals surface area contributed by atoms with Crippen LogP contribution in [0.5, 0.6) is 0 Å². The van der Waals surface area contributed by atoms with Crippen LogP contribution < -0.4 is 10.6 Å². The molecule has 0 bridgehead atoms. The molecular formula is C16H28N2. The molecule has 0 aliphatic carbocycles. The van der Waals surface area contributed by atoms with Crippen LogP contribution >= 0.6 is 0 Å². The third-order valence-electron chi connectivity index (χ3n) is 3.62. The number of benzene rings is 1. The van der Waals surface area contributed by atoms with Crippen molar-refractivity contribution in [1.82, 2.24) is 0 Å². The number of hydrogen-bond donors (Lipinski definition) is 1. The van der Waals surface area contributed by atoms with E-state index in [1.807, 2.05) is 0 Å². The summed E-state index contributed by atoms with van der Waals surface area (Å²) in [5.74, 6) is 0.736. The fourth-order valence-corrected chi connectivity index (χ4v) is 2.43. The average Bonchev–Trinajstić information content (AvgIpc) is 2.30. The first kappa shape index (κ1) is 15.0. The zero-order valence-corrected chi connectivity index (χ0v) is 12.5. The summed E-state index contributed by atoms with van der Waals surface area (Å²) in [5, 5.41) is 0. The molecule has 0 radical (unpaired) electrons. The van der Waals surface area contributed by atoms with Gasteiger partial charge in [-0.3, -0.25) is 0 Å².